The Morgan fingerprint density at radius 2 is 1.39 bits per heavy atom. The summed E-state index contributed by atoms with van der Waals surface area (Å²) in [6.45, 7) is 0. The highest BCUT2D eigenvalue weighted by Crippen LogP contribution is 2.45. The van der Waals surface area contributed by atoms with Crippen molar-refractivity contribution in [1.82, 2.24) is 0 Å². The van der Waals surface area contributed by atoms with Gasteiger partial charge in [-0.2, -0.15) is 0 Å². The van der Waals surface area contributed by atoms with Gasteiger partial charge in [-0.25, -0.2) is 8.42 Å². The molecule has 11 nitrogen and oxygen atoms in total. The molecule has 3 aromatic rings. The third-order valence-electron chi connectivity index (χ3n) is 6.34. The topological polar surface area (TPSA) is 128 Å². The van der Waals surface area contributed by atoms with E-state index in [1.165, 1.54) is 74.2 Å². The summed E-state index contributed by atoms with van der Waals surface area (Å²) in [4.78, 5) is 13.1. The van der Waals surface area contributed by atoms with Gasteiger partial charge < -0.3 is 38.5 Å². The second-order valence-corrected chi connectivity index (χ2v) is 11.6. The molecule has 0 aliphatic carbocycles. The molecule has 0 fully saturated rings. The largest absolute Gasteiger partial charge is 0.496 e. The number of sulfone groups is 1. The Bertz CT molecular complexity index is 1640. The van der Waals surface area contributed by atoms with Crippen LogP contribution in [0.15, 0.2) is 58.6 Å². The molecule has 0 saturated heterocycles. The van der Waals surface area contributed by atoms with Crippen molar-refractivity contribution in [3.63, 3.8) is 0 Å². The minimum atomic E-state index is -3.73. The van der Waals surface area contributed by atoms with Gasteiger partial charge in [-0.05, 0) is 45.8 Å². The third kappa shape index (κ3) is 7.97. The molecular formula is C31H34BrNO10S. The number of allylic oxidation sites excluding steroid dienone is 1. The Hall–Kier alpha value is -4.36. The zero-order valence-electron chi connectivity index (χ0n) is 25.3. The zero-order chi connectivity index (χ0) is 32.4. The molecule has 44 heavy (non-hydrogen) atoms. The van der Waals surface area contributed by atoms with Crippen molar-refractivity contribution in [3.05, 3.63) is 75.2 Å². The van der Waals surface area contributed by atoms with Crippen LogP contribution in [0.1, 0.15) is 21.5 Å². The molecule has 0 radical (unpaired) electrons. The zero-order valence-corrected chi connectivity index (χ0v) is 27.8. The number of anilines is 1. The molecule has 0 atom stereocenters. The van der Waals surface area contributed by atoms with Gasteiger partial charge in [0.25, 0.3) is 0 Å². The Morgan fingerprint density at radius 3 is 1.93 bits per heavy atom. The Labute approximate surface area is 265 Å². The number of ether oxygens (including phenoxy) is 7. The molecule has 0 bridgehead atoms. The van der Waals surface area contributed by atoms with E-state index < -0.39 is 9.84 Å². The van der Waals surface area contributed by atoms with Crippen LogP contribution in [0.2, 0.25) is 0 Å². The van der Waals surface area contributed by atoms with E-state index in [0.717, 1.165) is 5.41 Å². The molecule has 0 amide bonds. The summed E-state index contributed by atoms with van der Waals surface area (Å²) >= 11 is 3.41. The van der Waals surface area contributed by atoms with Crippen molar-refractivity contribution in [1.29, 1.82) is 0 Å². The number of halogens is 1. The number of rotatable bonds is 15. The number of hydrogen-bond acceptors (Lipinski definition) is 11. The minimum absolute atomic E-state index is 0.279. The summed E-state index contributed by atoms with van der Waals surface area (Å²) in [6, 6.07) is 9.71. The van der Waals surface area contributed by atoms with Gasteiger partial charge in [0, 0.05) is 35.4 Å². The fraction of sp³-hybridized carbons (Fsp3) is 0.258. The molecule has 3 rings (SSSR count). The quantitative estimate of drug-likeness (QED) is 0.151. The van der Waals surface area contributed by atoms with Gasteiger partial charge in [0.2, 0.25) is 5.75 Å². The number of nitrogens with one attached hydrogen (secondary N) is 1. The van der Waals surface area contributed by atoms with Crippen molar-refractivity contribution in [2.45, 2.75) is 5.75 Å². The fourth-order valence-corrected chi connectivity index (χ4v) is 5.94. The van der Waals surface area contributed by atoms with Crippen LogP contribution in [-0.4, -0.2) is 64.0 Å². The van der Waals surface area contributed by atoms with Gasteiger partial charge >= 0.3 is 0 Å². The van der Waals surface area contributed by atoms with E-state index in [4.69, 9.17) is 33.2 Å². The SMILES string of the molecule is COc1cc(OC)c(/C=C/S(=O)(=O)Cc2ccc(OC)c(N/C=C/C(=O)c3cc(OC)c(OC)c(OC)c3Br)c2)c(OC)c1. The highest BCUT2D eigenvalue weighted by molar-refractivity contribution is 9.10. The van der Waals surface area contributed by atoms with Crippen LogP contribution in [0.3, 0.4) is 0 Å². The van der Waals surface area contributed by atoms with Crippen LogP contribution in [0.4, 0.5) is 5.69 Å². The minimum Gasteiger partial charge on any atom is -0.496 e. The van der Waals surface area contributed by atoms with Crippen LogP contribution >= 0.6 is 15.9 Å². The van der Waals surface area contributed by atoms with Gasteiger partial charge in [0.15, 0.2) is 27.1 Å². The van der Waals surface area contributed by atoms with Gasteiger partial charge in [-0.1, -0.05) is 6.07 Å². The van der Waals surface area contributed by atoms with Crippen LogP contribution in [0.25, 0.3) is 6.08 Å². The van der Waals surface area contributed by atoms with E-state index in [1.54, 1.807) is 30.3 Å². The lowest BCUT2D eigenvalue weighted by atomic mass is 10.1. The number of methoxy groups -OCH3 is 7. The first-order chi connectivity index (χ1) is 21.1. The Balaban J connectivity index is 1.84. The molecule has 0 aliphatic heterocycles. The van der Waals surface area contributed by atoms with E-state index in [0.29, 0.717) is 61.5 Å². The van der Waals surface area contributed by atoms with Crippen LogP contribution < -0.4 is 38.5 Å². The molecule has 0 aromatic heterocycles. The van der Waals surface area contributed by atoms with E-state index in [-0.39, 0.29) is 17.1 Å². The number of carbonyl (C=O) groups is 1. The van der Waals surface area contributed by atoms with E-state index >= 15 is 0 Å². The van der Waals surface area contributed by atoms with E-state index in [2.05, 4.69) is 21.2 Å². The smallest absolute Gasteiger partial charge is 0.204 e. The Morgan fingerprint density at radius 1 is 0.773 bits per heavy atom. The molecule has 0 heterocycles. The predicted octanol–water partition coefficient (Wildman–Crippen LogP) is 5.90. The van der Waals surface area contributed by atoms with Crippen LogP contribution in [0, 0.1) is 0 Å². The van der Waals surface area contributed by atoms with Gasteiger partial charge in [-0.3, -0.25) is 4.79 Å². The number of carbonyl (C=O) groups excluding carboxylic acids is 1. The van der Waals surface area contributed by atoms with Crippen molar-refractivity contribution in [2.24, 2.45) is 0 Å². The van der Waals surface area contributed by atoms with Gasteiger partial charge in [0.05, 0.1) is 71.2 Å². The summed E-state index contributed by atoms with van der Waals surface area (Å²) in [5.74, 6) is 2.04. The standard InChI is InChI=1S/C31H34BrNO10S/c1-37-20-15-26(39-3)21(27(16-20)40-4)11-13-44(35,36)18-19-8-9-25(38-2)23(14-19)33-12-10-24(34)22-17-28(41-5)30(42-6)31(43-7)29(22)32/h8-17,33H,18H2,1-7H3/b12-10+,13-11+. The predicted molar refractivity (Wildman–Crippen MR) is 172 cm³/mol. The van der Waals surface area contributed by atoms with Crippen molar-refractivity contribution in [2.75, 3.05) is 55.1 Å². The molecule has 0 saturated carbocycles. The molecule has 0 unspecified atom stereocenters. The van der Waals surface area contributed by atoms with Crippen molar-refractivity contribution in [3.8, 4) is 40.2 Å². The summed E-state index contributed by atoms with van der Waals surface area (Å²) in [6.07, 6.45) is 4.16. The molecular weight excluding hydrogens is 658 g/mol. The van der Waals surface area contributed by atoms with Crippen molar-refractivity contribution >= 4 is 43.3 Å². The lowest BCUT2D eigenvalue weighted by Crippen LogP contribution is -2.04. The Kier molecular flexibility index (Phi) is 11.9. The number of benzene rings is 3. The summed E-state index contributed by atoms with van der Waals surface area (Å²) < 4.78 is 64.1. The first-order valence-electron chi connectivity index (χ1n) is 12.9. The first-order valence-corrected chi connectivity index (χ1v) is 15.4. The number of hydrogen-bond donors (Lipinski definition) is 1. The lowest BCUT2D eigenvalue weighted by Gasteiger charge is -2.15. The lowest BCUT2D eigenvalue weighted by molar-refractivity contribution is 0.104. The van der Waals surface area contributed by atoms with E-state index in [9.17, 15) is 13.2 Å². The molecule has 0 aliphatic rings. The highest BCUT2D eigenvalue weighted by atomic mass is 79.9. The van der Waals surface area contributed by atoms with Crippen molar-refractivity contribution < 1.29 is 46.4 Å². The average Bonchev–Trinajstić information content (AvgIpc) is 3.02. The molecule has 13 heteroatoms. The maximum Gasteiger partial charge on any atom is 0.204 e. The van der Waals surface area contributed by atoms with Gasteiger partial charge in [0.1, 0.15) is 23.0 Å². The first kappa shape index (κ1) is 34.1. The third-order valence-corrected chi connectivity index (χ3v) is 8.41. The fourth-order valence-electron chi connectivity index (χ4n) is 4.20. The second-order valence-electron chi connectivity index (χ2n) is 8.94. The summed E-state index contributed by atoms with van der Waals surface area (Å²) in [5.41, 5.74) is 1.67. The number of ketones is 1. The monoisotopic (exact) mass is 691 g/mol. The molecule has 3 aromatic carbocycles. The average molecular weight is 693 g/mol. The maximum absolute atomic E-state index is 13.1. The molecule has 1 N–H and O–H groups in total. The van der Waals surface area contributed by atoms with Crippen LogP contribution in [0.5, 0.6) is 40.2 Å². The van der Waals surface area contributed by atoms with Gasteiger partial charge in [-0.15, -0.1) is 0 Å². The summed E-state index contributed by atoms with van der Waals surface area (Å²) in [5, 5.41) is 4.10. The van der Waals surface area contributed by atoms with Crippen LogP contribution in [-0.2, 0) is 15.6 Å². The molecule has 0 spiro atoms. The maximum atomic E-state index is 13.1. The van der Waals surface area contributed by atoms with E-state index in [1.807, 2.05) is 0 Å². The normalized spacial score (nSPS) is 11.4. The second kappa shape index (κ2) is 15.4. The highest BCUT2D eigenvalue weighted by Gasteiger charge is 2.22. The summed E-state index contributed by atoms with van der Waals surface area (Å²) in [7, 11) is 6.58. The molecule has 236 valence electrons.